The fourth-order valence-electron chi connectivity index (χ4n) is 1.45. The minimum atomic E-state index is 0.237. The molecule has 0 atom stereocenters. The van der Waals surface area contributed by atoms with E-state index in [0.29, 0.717) is 17.5 Å². The van der Waals surface area contributed by atoms with Gasteiger partial charge < -0.3 is 15.8 Å². The van der Waals surface area contributed by atoms with E-state index in [2.05, 4.69) is 20.3 Å². The number of aromatic nitrogens is 3. The van der Waals surface area contributed by atoms with Crippen LogP contribution in [0.25, 0.3) is 0 Å². The second kappa shape index (κ2) is 5.57. The maximum absolute atomic E-state index is 5.57. The number of pyridine rings is 1. The van der Waals surface area contributed by atoms with Gasteiger partial charge in [0.05, 0.1) is 19.0 Å². The number of anilines is 2. The number of thiocarbonyl (C=S) groups is 1. The largest absolute Gasteiger partial charge is 0.481 e. The van der Waals surface area contributed by atoms with Crippen molar-refractivity contribution in [2.24, 2.45) is 5.73 Å². The third-order valence-corrected chi connectivity index (χ3v) is 2.52. The van der Waals surface area contributed by atoms with Crippen molar-refractivity contribution < 1.29 is 4.74 Å². The van der Waals surface area contributed by atoms with Crippen LogP contribution in [0, 0.1) is 6.92 Å². The van der Waals surface area contributed by atoms with Crippen LogP contribution in [0.5, 0.6) is 5.88 Å². The van der Waals surface area contributed by atoms with E-state index in [9.17, 15) is 0 Å². The third kappa shape index (κ3) is 3.35. The Morgan fingerprint density at radius 1 is 1.37 bits per heavy atom. The highest BCUT2D eigenvalue weighted by Gasteiger charge is 2.05. The summed E-state index contributed by atoms with van der Waals surface area (Å²) < 4.78 is 4.99. The lowest BCUT2D eigenvalue weighted by Crippen LogP contribution is -2.13. The summed E-state index contributed by atoms with van der Waals surface area (Å²) in [7, 11) is 1.56. The molecule has 0 spiro atoms. The predicted octanol–water partition coefficient (Wildman–Crippen LogP) is 1.57. The van der Waals surface area contributed by atoms with Crippen LogP contribution in [-0.2, 0) is 0 Å². The summed E-state index contributed by atoms with van der Waals surface area (Å²) in [6.07, 6.45) is 1.63. The molecule has 0 saturated carbocycles. The fraction of sp³-hybridized carbons (Fsp3) is 0.167. The lowest BCUT2D eigenvalue weighted by atomic mass is 10.3. The molecule has 2 aromatic heterocycles. The molecule has 0 amide bonds. The van der Waals surface area contributed by atoms with E-state index in [-0.39, 0.29) is 4.99 Å². The van der Waals surface area contributed by atoms with Crippen molar-refractivity contribution in [1.82, 2.24) is 15.0 Å². The van der Waals surface area contributed by atoms with Crippen molar-refractivity contribution in [3.05, 3.63) is 35.8 Å². The molecule has 19 heavy (non-hydrogen) atoms. The second-order valence-electron chi connectivity index (χ2n) is 3.80. The Morgan fingerprint density at radius 3 is 2.74 bits per heavy atom. The van der Waals surface area contributed by atoms with Gasteiger partial charge in [-0.2, -0.15) is 0 Å². The zero-order valence-electron chi connectivity index (χ0n) is 10.5. The van der Waals surface area contributed by atoms with Gasteiger partial charge in [0.15, 0.2) is 0 Å². The lowest BCUT2D eigenvalue weighted by Gasteiger charge is -2.07. The lowest BCUT2D eigenvalue weighted by molar-refractivity contribution is 0.398. The van der Waals surface area contributed by atoms with Gasteiger partial charge in [-0.3, -0.25) is 0 Å². The quantitative estimate of drug-likeness (QED) is 0.819. The average Bonchev–Trinajstić information content (AvgIpc) is 2.39. The SMILES string of the molecule is COc1ccc(Nc2nc(C)cc(C(N)=S)n2)cn1. The Labute approximate surface area is 116 Å². The Hall–Kier alpha value is -2.28. The molecule has 0 aromatic carbocycles. The molecule has 2 aromatic rings. The zero-order valence-corrected chi connectivity index (χ0v) is 11.4. The highest BCUT2D eigenvalue weighted by Crippen LogP contribution is 2.15. The monoisotopic (exact) mass is 275 g/mol. The first-order valence-electron chi connectivity index (χ1n) is 5.51. The molecule has 0 aliphatic heterocycles. The van der Waals surface area contributed by atoms with Crippen LogP contribution in [0.15, 0.2) is 24.4 Å². The number of nitrogens with zero attached hydrogens (tertiary/aromatic N) is 3. The summed E-state index contributed by atoms with van der Waals surface area (Å²) in [6, 6.07) is 5.30. The van der Waals surface area contributed by atoms with Crippen LogP contribution in [0.2, 0.25) is 0 Å². The van der Waals surface area contributed by atoms with Crippen molar-refractivity contribution in [1.29, 1.82) is 0 Å². The number of ether oxygens (including phenoxy) is 1. The standard InChI is InChI=1S/C12H13N5OS/c1-7-5-9(11(13)19)17-12(15-7)16-8-3-4-10(18-2)14-6-8/h3-6H,1-2H3,(H2,13,19)(H,15,16,17). The van der Waals surface area contributed by atoms with Crippen LogP contribution in [-0.4, -0.2) is 27.1 Å². The van der Waals surface area contributed by atoms with Crippen LogP contribution >= 0.6 is 12.2 Å². The van der Waals surface area contributed by atoms with Crippen molar-refractivity contribution >= 4 is 28.8 Å². The number of hydrogen-bond acceptors (Lipinski definition) is 6. The summed E-state index contributed by atoms with van der Waals surface area (Å²) in [5.74, 6) is 0.967. The van der Waals surface area contributed by atoms with Gasteiger partial charge in [0, 0.05) is 11.8 Å². The number of nitrogens with two attached hydrogens (primary N) is 1. The summed E-state index contributed by atoms with van der Waals surface area (Å²) in [6.45, 7) is 1.85. The van der Waals surface area contributed by atoms with Crippen molar-refractivity contribution in [2.45, 2.75) is 6.92 Å². The molecule has 0 bridgehead atoms. The second-order valence-corrected chi connectivity index (χ2v) is 4.24. The first-order valence-corrected chi connectivity index (χ1v) is 5.92. The fourth-order valence-corrected chi connectivity index (χ4v) is 1.56. The number of nitrogens with one attached hydrogen (secondary N) is 1. The van der Waals surface area contributed by atoms with Crippen LogP contribution in [0.1, 0.15) is 11.4 Å². The molecule has 0 radical (unpaired) electrons. The zero-order chi connectivity index (χ0) is 13.8. The van der Waals surface area contributed by atoms with E-state index in [0.717, 1.165) is 11.4 Å². The van der Waals surface area contributed by atoms with Crippen LogP contribution < -0.4 is 15.8 Å². The van der Waals surface area contributed by atoms with E-state index in [1.165, 1.54) is 0 Å². The summed E-state index contributed by atoms with van der Waals surface area (Å²) in [5.41, 5.74) is 7.63. The Balaban J connectivity index is 2.24. The van der Waals surface area contributed by atoms with E-state index in [1.54, 1.807) is 25.4 Å². The average molecular weight is 275 g/mol. The topological polar surface area (TPSA) is 86.0 Å². The number of rotatable bonds is 4. The molecule has 98 valence electrons. The molecule has 2 rings (SSSR count). The van der Waals surface area contributed by atoms with Crippen LogP contribution in [0.4, 0.5) is 11.6 Å². The molecule has 7 heteroatoms. The summed E-state index contributed by atoms with van der Waals surface area (Å²) >= 11 is 4.91. The molecule has 0 aliphatic rings. The molecule has 6 nitrogen and oxygen atoms in total. The Bertz CT molecular complexity index is 600. The van der Waals surface area contributed by atoms with Crippen molar-refractivity contribution in [2.75, 3.05) is 12.4 Å². The molecular formula is C12H13N5OS. The minimum absolute atomic E-state index is 0.237. The first-order chi connectivity index (χ1) is 9.08. The van der Waals surface area contributed by atoms with Gasteiger partial charge in [-0.15, -0.1) is 0 Å². The highest BCUT2D eigenvalue weighted by atomic mass is 32.1. The first kappa shape index (κ1) is 13.2. The van der Waals surface area contributed by atoms with Gasteiger partial charge in [-0.25, -0.2) is 15.0 Å². The molecule has 0 aliphatic carbocycles. The van der Waals surface area contributed by atoms with E-state index < -0.39 is 0 Å². The molecular weight excluding hydrogens is 262 g/mol. The smallest absolute Gasteiger partial charge is 0.228 e. The van der Waals surface area contributed by atoms with E-state index in [1.807, 2.05) is 13.0 Å². The number of aryl methyl sites for hydroxylation is 1. The maximum atomic E-state index is 5.57. The minimum Gasteiger partial charge on any atom is -0.481 e. The maximum Gasteiger partial charge on any atom is 0.228 e. The number of methoxy groups -OCH3 is 1. The van der Waals surface area contributed by atoms with Crippen molar-refractivity contribution in [3.63, 3.8) is 0 Å². The predicted molar refractivity (Wildman–Crippen MR) is 76.7 cm³/mol. The van der Waals surface area contributed by atoms with Crippen molar-refractivity contribution in [3.8, 4) is 5.88 Å². The van der Waals surface area contributed by atoms with Gasteiger partial charge in [0.25, 0.3) is 0 Å². The Morgan fingerprint density at radius 2 is 2.16 bits per heavy atom. The number of hydrogen-bond donors (Lipinski definition) is 2. The molecule has 0 fully saturated rings. The summed E-state index contributed by atoms with van der Waals surface area (Å²) in [5, 5.41) is 3.04. The van der Waals surface area contributed by atoms with Gasteiger partial charge in [-0.1, -0.05) is 12.2 Å². The van der Waals surface area contributed by atoms with Gasteiger partial charge >= 0.3 is 0 Å². The molecule has 3 N–H and O–H groups in total. The van der Waals surface area contributed by atoms with Gasteiger partial charge in [-0.05, 0) is 19.1 Å². The third-order valence-electron chi connectivity index (χ3n) is 2.31. The molecule has 0 unspecified atom stereocenters. The van der Waals surface area contributed by atoms with E-state index in [4.69, 9.17) is 22.7 Å². The van der Waals surface area contributed by atoms with Gasteiger partial charge in [0.2, 0.25) is 11.8 Å². The van der Waals surface area contributed by atoms with Crippen LogP contribution in [0.3, 0.4) is 0 Å². The normalized spacial score (nSPS) is 10.0. The molecule has 0 saturated heterocycles. The van der Waals surface area contributed by atoms with E-state index >= 15 is 0 Å². The summed E-state index contributed by atoms with van der Waals surface area (Å²) in [4.78, 5) is 12.8. The molecule has 2 heterocycles. The Kier molecular flexibility index (Phi) is 3.86. The van der Waals surface area contributed by atoms with Gasteiger partial charge in [0.1, 0.15) is 10.7 Å². The highest BCUT2D eigenvalue weighted by molar-refractivity contribution is 7.80.